The molecule has 0 atom stereocenters. The molecule has 12 aromatic rings. The van der Waals surface area contributed by atoms with Crippen LogP contribution in [0.15, 0.2) is 285 Å². The van der Waals surface area contributed by atoms with E-state index in [0.29, 0.717) is 0 Å². The van der Waals surface area contributed by atoms with Crippen LogP contribution in [0, 0.1) is 0 Å². The normalized spacial score (nSPS) is 12.4. The molecule has 0 spiro atoms. The zero-order chi connectivity index (χ0) is 46.4. The number of nitrogens with zero attached hydrogens (tertiary/aromatic N) is 1. The Bertz CT molecular complexity index is 3830. The van der Waals surface area contributed by atoms with Crippen LogP contribution in [0.3, 0.4) is 0 Å². The van der Waals surface area contributed by atoms with Gasteiger partial charge < -0.3 is 4.90 Å². The van der Waals surface area contributed by atoms with Gasteiger partial charge in [0, 0.05) is 16.8 Å². The standard InChI is InChI=1S/C69H47N/c1-5-22-49(23-6-1)58-44-42-52(57-37-19-27-48-26-13-14-34-56(48)57)46-67(58)70(66-41-18-16-36-62(66)63-39-21-29-51-28-20-38-59(68(51)63)50-24-7-2-8-25-50)55-43-45-61-60-35-15-17-40-64(60)69(65(61)47-55,53-30-9-3-10-31-53)54-32-11-4-12-33-54/h1-47H. The van der Waals surface area contributed by atoms with Crippen molar-refractivity contribution in [1.29, 1.82) is 0 Å². The Morgan fingerprint density at radius 1 is 0.257 bits per heavy atom. The van der Waals surface area contributed by atoms with Crippen LogP contribution in [0.5, 0.6) is 0 Å². The quantitative estimate of drug-likeness (QED) is 0.140. The number of hydrogen-bond donors (Lipinski definition) is 0. The summed E-state index contributed by atoms with van der Waals surface area (Å²) in [7, 11) is 0. The summed E-state index contributed by atoms with van der Waals surface area (Å²) in [6.45, 7) is 0. The van der Waals surface area contributed by atoms with Crippen LogP contribution in [0.4, 0.5) is 17.1 Å². The molecule has 12 aromatic carbocycles. The molecule has 1 nitrogen and oxygen atoms in total. The Labute approximate surface area is 409 Å². The number of para-hydroxylation sites is 1. The first-order chi connectivity index (χ1) is 34.8. The molecular weight excluding hydrogens is 843 g/mol. The number of anilines is 3. The van der Waals surface area contributed by atoms with Crippen LogP contribution in [-0.2, 0) is 5.41 Å². The highest BCUT2D eigenvalue weighted by Crippen LogP contribution is 2.58. The zero-order valence-corrected chi connectivity index (χ0v) is 38.6. The molecule has 0 radical (unpaired) electrons. The van der Waals surface area contributed by atoms with Crippen LogP contribution in [0.1, 0.15) is 22.3 Å². The van der Waals surface area contributed by atoms with Crippen molar-refractivity contribution in [3.8, 4) is 55.6 Å². The van der Waals surface area contributed by atoms with Crippen molar-refractivity contribution in [2.75, 3.05) is 4.90 Å². The lowest BCUT2D eigenvalue weighted by atomic mass is 9.67. The molecule has 13 rings (SSSR count). The zero-order valence-electron chi connectivity index (χ0n) is 38.6. The van der Waals surface area contributed by atoms with Crippen LogP contribution >= 0.6 is 0 Å². The summed E-state index contributed by atoms with van der Waals surface area (Å²) in [6, 6.07) is 105. The van der Waals surface area contributed by atoms with Crippen molar-refractivity contribution in [3.63, 3.8) is 0 Å². The van der Waals surface area contributed by atoms with Gasteiger partial charge in [0.05, 0.1) is 16.8 Å². The van der Waals surface area contributed by atoms with Crippen molar-refractivity contribution in [2.24, 2.45) is 0 Å². The molecule has 328 valence electrons. The molecule has 0 bridgehead atoms. The Morgan fingerprint density at radius 3 is 1.47 bits per heavy atom. The minimum atomic E-state index is -0.580. The molecule has 0 amide bonds. The minimum Gasteiger partial charge on any atom is -0.309 e. The topological polar surface area (TPSA) is 3.24 Å². The summed E-state index contributed by atoms with van der Waals surface area (Å²) in [5.74, 6) is 0. The molecule has 0 aromatic heterocycles. The molecule has 0 heterocycles. The third kappa shape index (κ3) is 6.70. The fourth-order valence-corrected chi connectivity index (χ4v) is 11.5. The SMILES string of the molecule is c1ccc(-c2ccc(-c3cccc4ccccc34)cc2N(c2ccc3c(c2)C(c2ccccc2)(c2ccccc2)c2ccccc2-3)c2ccccc2-c2cccc3cccc(-c4ccccc4)c23)cc1. The van der Waals surface area contributed by atoms with Crippen molar-refractivity contribution >= 4 is 38.6 Å². The smallest absolute Gasteiger partial charge is 0.0714 e. The maximum Gasteiger partial charge on any atom is 0.0714 e. The lowest BCUT2D eigenvalue weighted by molar-refractivity contribution is 0.768. The van der Waals surface area contributed by atoms with Gasteiger partial charge in [0.1, 0.15) is 0 Å². The van der Waals surface area contributed by atoms with Gasteiger partial charge >= 0.3 is 0 Å². The van der Waals surface area contributed by atoms with Gasteiger partial charge in [-0.15, -0.1) is 0 Å². The first-order valence-corrected chi connectivity index (χ1v) is 24.3. The van der Waals surface area contributed by atoms with Crippen molar-refractivity contribution in [2.45, 2.75) is 5.41 Å². The average molecular weight is 890 g/mol. The van der Waals surface area contributed by atoms with Crippen LogP contribution in [-0.4, -0.2) is 0 Å². The van der Waals surface area contributed by atoms with Crippen LogP contribution in [0.25, 0.3) is 77.2 Å². The highest BCUT2D eigenvalue weighted by molar-refractivity contribution is 6.09. The molecule has 0 unspecified atom stereocenters. The highest BCUT2D eigenvalue weighted by atomic mass is 15.1. The monoisotopic (exact) mass is 889 g/mol. The summed E-state index contributed by atoms with van der Waals surface area (Å²) in [4.78, 5) is 2.56. The molecule has 0 N–H and O–H groups in total. The van der Waals surface area contributed by atoms with E-state index < -0.39 is 5.41 Å². The Morgan fingerprint density at radius 2 is 0.757 bits per heavy atom. The maximum absolute atomic E-state index is 2.56. The second-order valence-electron chi connectivity index (χ2n) is 18.3. The van der Waals surface area contributed by atoms with E-state index in [1.165, 1.54) is 77.2 Å². The molecule has 0 aliphatic heterocycles. The average Bonchev–Trinajstić information content (AvgIpc) is 3.74. The van der Waals surface area contributed by atoms with Crippen molar-refractivity contribution in [1.82, 2.24) is 0 Å². The minimum absolute atomic E-state index is 0.580. The Kier molecular flexibility index (Phi) is 10.1. The van der Waals surface area contributed by atoms with Gasteiger partial charge in [-0.2, -0.15) is 0 Å². The number of fused-ring (bicyclic) bond motifs is 5. The van der Waals surface area contributed by atoms with Gasteiger partial charge in [-0.1, -0.05) is 261 Å². The van der Waals surface area contributed by atoms with E-state index in [1.54, 1.807) is 0 Å². The summed E-state index contributed by atoms with van der Waals surface area (Å²) >= 11 is 0. The van der Waals surface area contributed by atoms with Gasteiger partial charge in [-0.3, -0.25) is 0 Å². The van der Waals surface area contributed by atoms with Crippen LogP contribution in [0.2, 0.25) is 0 Å². The van der Waals surface area contributed by atoms with Crippen LogP contribution < -0.4 is 4.90 Å². The number of rotatable bonds is 9. The molecule has 0 saturated heterocycles. The predicted octanol–water partition coefficient (Wildman–Crippen LogP) is 18.5. The maximum atomic E-state index is 2.56. The molecule has 70 heavy (non-hydrogen) atoms. The Hall–Kier alpha value is -9.04. The number of benzene rings is 12. The molecule has 0 saturated carbocycles. The molecule has 1 heteroatoms. The number of hydrogen-bond acceptors (Lipinski definition) is 1. The summed E-state index contributed by atoms with van der Waals surface area (Å²) in [6.07, 6.45) is 0. The van der Waals surface area contributed by atoms with Gasteiger partial charge in [-0.05, 0) is 113 Å². The van der Waals surface area contributed by atoms with Gasteiger partial charge in [0.15, 0.2) is 0 Å². The predicted molar refractivity (Wildman–Crippen MR) is 295 cm³/mol. The Balaban J connectivity index is 1.14. The van der Waals surface area contributed by atoms with E-state index in [2.05, 4.69) is 290 Å². The first kappa shape index (κ1) is 41.2. The van der Waals surface area contributed by atoms with E-state index in [-0.39, 0.29) is 0 Å². The summed E-state index contributed by atoms with van der Waals surface area (Å²) in [5.41, 5.74) is 19.6. The molecule has 1 aliphatic carbocycles. The summed E-state index contributed by atoms with van der Waals surface area (Å²) < 4.78 is 0. The summed E-state index contributed by atoms with van der Waals surface area (Å²) in [5, 5.41) is 4.88. The van der Waals surface area contributed by atoms with Crippen molar-refractivity contribution < 1.29 is 0 Å². The fraction of sp³-hybridized carbons (Fsp3) is 0.0145. The van der Waals surface area contributed by atoms with E-state index in [0.717, 1.165) is 39.3 Å². The van der Waals surface area contributed by atoms with E-state index in [1.807, 2.05) is 0 Å². The highest BCUT2D eigenvalue weighted by Gasteiger charge is 2.46. The second kappa shape index (κ2) is 17.2. The van der Waals surface area contributed by atoms with Gasteiger partial charge in [0.2, 0.25) is 0 Å². The third-order valence-corrected chi connectivity index (χ3v) is 14.5. The molecule has 1 aliphatic rings. The van der Waals surface area contributed by atoms with E-state index in [4.69, 9.17) is 0 Å². The fourth-order valence-electron chi connectivity index (χ4n) is 11.5. The second-order valence-corrected chi connectivity index (χ2v) is 18.3. The van der Waals surface area contributed by atoms with E-state index in [9.17, 15) is 0 Å². The van der Waals surface area contributed by atoms with Gasteiger partial charge in [0.25, 0.3) is 0 Å². The largest absolute Gasteiger partial charge is 0.309 e. The lowest BCUT2D eigenvalue weighted by Gasteiger charge is -2.35. The first-order valence-electron chi connectivity index (χ1n) is 24.3. The van der Waals surface area contributed by atoms with Gasteiger partial charge in [-0.25, -0.2) is 0 Å². The third-order valence-electron chi connectivity index (χ3n) is 14.5. The molecular formula is C69H47N. The van der Waals surface area contributed by atoms with Crippen molar-refractivity contribution in [3.05, 3.63) is 307 Å². The molecule has 0 fully saturated rings. The lowest BCUT2D eigenvalue weighted by Crippen LogP contribution is -2.28. The van der Waals surface area contributed by atoms with E-state index >= 15 is 0 Å².